The molecule has 0 saturated carbocycles. The van der Waals surface area contributed by atoms with Crippen molar-refractivity contribution < 1.29 is 19.4 Å². The third kappa shape index (κ3) is 3.44. The molecule has 0 spiro atoms. The number of halogens is 1. The van der Waals surface area contributed by atoms with E-state index in [2.05, 4.69) is 4.94 Å². The SMILES string of the molecule is CCCC(c1cccc(O)c1)C(C)C(=O)OF. The first-order valence-electron chi connectivity index (χ1n) is 5.71. The molecule has 1 aromatic carbocycles. The van der Waals surface area contributed by atoms with Gasteiger partial charge in [0.05, 0.1) is 5.92 Å². The number of hydrogen-bond acceptors (Lipinski definition) is 3. The van der Waals surface area contributed by atoms with E-state index in [1.54, 1.807) is 25.1 Å². The molecular formula is C13H17FO3. The third-order valence-electron chi connectivity index (χ3n) is 2.95. The van der Waals surface area contributed by atoms with E-state index in [1.807, 2.05) is 13.0 Å². The average molecular weight is 240 g/mol. The molecule has 0 saturated heterocycles. The van der Waals surface area contributed by atoms with E-state index in [-0.39, 0.29) is 11.7 Å². The largest absolute Gasteiger partial charge is 0.508 e. The summed E-state index contributed by atoms with van der Waals surface area (Å²) < 4.78 is 11.9. The van der Waals surface area contributed by atoms with Gasteiger partial charge >= 0.3 is 5.97 Å². The Morgan fingerprint density at radius 2 is 2.24 bits per heavy atom. The number of aromatic hydroxyl groups is 1. The number of hydrogen-bond donors (Lipinski definition) is 1. The highest BCUT2D eigenvalue weighted by molar-refractivity contribution is 5.72. The van der Waals surface area contributed by atoms with Crippen molar-refractivity contribution in [2.75, 3.05) is 0 Å². The van der Waals surface area contributed by atoms with Crippen molar-refractivity contribution in [3.63, 3.8) is 0 Å². The number of benzene rings is 1. The molecule has 1 rings (SSSR count). The lowest BCUT2D eigenvalue weighted by Crippen LogP contribution is -2.20. The summed E-state index contributed by atoms with van der Waals surface area (Å²) in [6.07, 6.45) is 1.60. The topological polar surface area (TPSA) is 46.5 Å². The molecule has 2 unspecified atom stereocenters. The lowest BCUT2D eigenvalue weighted by Gasteiger charge is -2.21. The number of phenols is 1. The van der Waals surface area contributed by atoms with Crippen molar-refractivity contribution in [3.8, 4) is 5.75 Å². The van der Waals surface area contributed by atoms with Crippen LogP contribution in [0.4, 0.5) is 4.53 Å². The Morgan fingerprint density at radius 1 is 1.53 bits per heavy atom. The highest BCUT2D eigenvalue weighted by Gasteiger charge is 2.27. The molecule has 3 nitrogen and oxygen atoms in total. The molecule has 1 aromatic rings. The monoisotopic (exact) mass is 240 g/mol. The number of phenolic OH excluding ortho intramolecular Hbond substituents is 1. The summed E-state index contributed by atoms with van der Waals surface area (Å²) in [4.78, 5) is 14.5. The summed E-state index contributed by atoms with van der Waals surface area (Å²) >= 11 is 0. The summed E-state index contributed by atoms with van der Waals surface area (Å²) in [7, 11) is 0. The maximum absolute atomic E-state index is 11.9. The van der Waals surface area contributed by atoms with Crippen LogP contribution in [0.5, 0.6) is 5.75 Å². The maximum atomic E-state index is 11.9. The number of carbonyl (C=O) groups is 1. The fraction of sp³-hybridized carbons (Fsp3) is 0.462. The van der Waals surface area contributed by atoms with Crippen molar-refractivity contribution in [1.29, 1.82) is 0 Å². The fourth-order valence-electron chi connectivity index (χ4n) is 2.01. The molecular weight excluding hydrogens is 223 g/mol. The Labute approximate surface area is 100 Å². The van der Waals surface area contributed by atoms with Crippen LogP contribution < -0.4 is 0 Å². The number of rotatable bonds is 5. The second kappa shape index (κ2) is 6.23. The minimum atomic E-state index is -0.869. The molecule has 0 radical (unpaired) electrons. The van der Waals surface area contributed by atoms with Crippen LogP contribution in [0.15, 0.2) is 24.3 Å². The Balaban J connectivity index is 2.96. The molecule has 0 amide bonds. The van der Waals surface area contributed by atoms with Gasteiger partial charge in [0.1, 0.15) is 5.75 Å². The van der Waals surface area contributed by atoms with Crippen LogP contribution in [0.2, 0.25) is 0 Å². The first-order chi connectivity index (χ1) is 8.10. The van der Waals surface area contributed by atoms with Gasteiger partial charge in [-0.1, -0.05) is 32.4 Å². The molecule has 0 aromatic heterocycles. The molecule has 0 bridgehead atoms. The lowest BCUT2D eigenvalue weighted by molar-refractivity contribution is -0.189. The van der Waals surface area contributed by atoms with E-state index in [9.17, 15) is 14.4 Å². The molecule has 0 heterocycles. The van der Waals surface area contributed by atoms with Gasteiger partial charge < -0.3 is 5.11 Å². The molecule has 4 heteroatoms. The van der Waals surface area contributed by atoms with Gasteiger partial charge in [0.2, 0.25) is 0 Å². The van der Waals surface area contributed by atoms with Gasteiger partial charge in [-0.3, -0.25) is 4.94 Å². The molecule has 2 atom stereocenters. The predicted octanol–water partition coefficient (Wildman–Crippen LogP) is 3.34. The maximum Gasteiger partial charge on any atom is 0.352 e. The third-order valence-corrected chi connectivity index (χ3v) is 2.95. The van der Waals surface area contributed by atoms with Crippen molar-refractivity contribution in [1.82, 2.24) is 0 Å². The van der Waals surface area contributed by atoms with Gasteiger partial charge in [0.25, 0.3) is 0 Å². The zero-order valence-electron chi connectivity index (χ0n) is 10.0. The number of carbonyl (C=O) groups excluding carboxylic acids is 1. The summed E-state index contributed by atoms with van der Waals surface area (Å²) in [5.41, 5.74) is 0.824. The van der Waals surface area contributed by atoms with Crippen LogP contribution in [0.3, 0.4) is 0 Å². The summed E-state index contributed by atoms with van der Waals surface area (Å²) in [5.74, 6) is -1.44. The van der Waals surface area contributed by atoms with Gasteiger partial charge in [-0.25, -0.2) is 4.79 Å². The van der Waals surface area contributed by atoms with E-state index in [0.717, 1.165) is 18.4 Å². The molecule has 17 heavy (non-hydrogen) atoms. The second-order valence-electron chi connectivity index (χ2n) is 4.18. The predicted molar refractivity (Wildman–Crippen MR) is 62.1 cm³/mol. The normalized spacial score (nSPS) is 14.1. The van der Waals surface area contributed by atoms with Crippen LogP contribution in [0.1, 0.15) is 38.2 Å². The van der Waals surface area contributed by atoms with Crippen molar-refractivity contribution in [2.45, 2.75) is 32.6 Å². The Hall–Kier alpha value is -1.58. The van der Waals surface area contributed by atoms with E-state index in [0.29, 0.717) is 0 Å². The fourth-order valence-corrected chi connectivity index (χ4v) is 2.01. The molecule has 0 aliphatic heterocycles. The van der Waals surface area contributed by atoms with Gasteiger partial charge in [0.15, 0.2) is 0 Å². The summed E-state index contributed by atoms with van der Waals surface area (Å²) in [6, 6.07) is 6.69. The van der Waals surface area contributed by atoms with E-state index in [4.69, 9.17) is 0 Å². The highest BCUT2D eigenvalue weighted by atomic mass is 19.3. The Morgan fingerprint density at radius 3 is 2.76 bits per heavy atom. The van der Waals surface area contributed by atoms with Crippen LogP contribution in [0, 0.1) is 5.92 Å². The molecule has 1 N–H and O–H groups in total. The van der Waals surface area contributed by atoms with Crippen LogP contribution >= 0.6 is 0 Å². The van der Waals surface area contributed by atoms with Crippen LogP contribution in [0.25, 0.3) is 0 Å². The molecule has 0 aliphatic rings. The van der Waals surface area contributed by atoms with Gasteiger partial charge in [-0.05, 0) is 30.0 Å². The minimum absolute atomic E-state index is 0.143. The van der Waals surface area contributed by atoms with Gasteiger partial charge in [-0.15, -0.1) is 0 Å². The lowest BCUT2D eigenvalue weighted by atomic mass is 9.84. The van der Waals surface area contributed by atoms with E-state index >= 15 is 0 Å². The van der Waals surface area contributed by atoms with Crippen molar-refractivity contribution >= 4 is 5.97 Å². The van der Waals surface area contributed by atoms with Crippen LogP contribution in [-0.4, -0.2) is 11.1 Å². The Kier molecular flexibility index (Phi) is 4.94. The summed E-state index contributed by atoms with van der Waals surface area (Å²) in [5, 5.41) is 9.42. The minimum Gasteiger partial charge on any atom is -0.508 e. The Bertz CT molecular complexity index is 379. The second-order valence-corrected chi connectivity index (χ2v) is 4.18. The first kappa shape index (κ1) is 13.5. The van der Waals surface area contributed by atoms with E-state index in [1.165, 1.54) is 0 Å². The quantitative estimate of drug-likeness (QED) is 0.858. The highest BCUT2D eigenvalue weighted by Crippen LogP contribution is 2.31. The smallest absolute Gasteiger partial charge is 0.352 e. The summed E-state index contributed by atoms with van der Waals surface area (Å²) in [6.45, 7) is 3.62. The van der Waals surface area contributed by atoms with Gasteiger partial charge in [0, 0.05) is 4.53 Å². The first-order valence-corrected chi connectivity index (χ1v) is 5.71. The average Bonchev–Trinajstić information content (AvgIpc) is 2.34. The van der Waals surface area contributed by atoms with Crippen molar-refractivity contribution in [2.24, 2.45) is 5.92 Å². The van der Waals surface area contributed by atoms with Gasteiger partial charge in [-0.2, -0.15) is 0 Å². The standard InChI is InChI=1S/C13H17FO3/c1-3-5-12(9(2)13(16)17-14)10-6-4-7-11(15)8-10/h4,6-9,12,15H,3,5H2,1-2H3. The molecule has 94 valence electrons. The molecule has 0 fully saturated rings. The molecule has 0 aliphatic carbocycles. The van der Waals surface area contributed by atoms with Crippen LogP contribution in [-0.2, 0) is 9.74 Å². The van der Waals surface area contributed by atoms with E-state index < -0.39 is 11.9 Å². The zero-order chi connectivity index (χ0) is 12.8. The van der Waals surface area contributed by atoms with Crippen molar-refractivity contribution in [3.05, 3.63) is 29.8 Å². The zero-order valence-corrected chi connectivity index (χ0v) is 10.0.